The highest BCUT2D eigenvalue weighted by Crippen LogP contribution is 2.23. The number of halogens is 2. The molecule has 0 radical (unpaired) electrons. The molecule has 0 aliphatic carbocycles. The van der Waals surface area contributed by atoms with Gasteiger partial charge in [0.15, 0.2) is 5.78 Å². The van der Waals surface area contributed by atoms with Gasteiger partial charge in [-0.05, 0) is 25.1 Å². The summed E-state index contributed by atoms with van der Waals surface area (Å²) in [6.45, 7) is 1.33. The number of hydrogen-bond acceptors (Lipinski definition) is 2. The lowest BCUT2D eigenvalue weighted by atomic mass is 10.00. The molecule has 0 amide bonds. The fourth-order valence-corrected chi connectivity index (χ4v) is 1.31. The second kappa shape index (κ2) is 4.64. The van der Waals surface area contributed by atoms with Crippen LogP contribution >= 0.6 is 23.2 Å². The maximum absolute atomic E-state index is 11.6. The molecule has 1 aromatic rings. The smallest absolute Gasteiger partial charge is 0.314 e. The molecule has 15 heavy (non-hydrogen) atoms. The lowest BCUT2D eigenvalue weighted by molar-refractivity contribution is -0.139. The maximum Gasteiger partial charge on any atom is 0.314 e. The van der Waals surface area contributed by atoms with Gasteiger partial charge in [0.2, 0.25) is 0 Å². The van der Waals surface area contributed by atoms with Gasteiger partial charge in [-0.3, -0.25) is 9.59 Å². The summed E-state index contributed by atoms with van der Waals surface area (Å²) in [6, 6.07) is 4.29. The van der Waals surface area contributed by atoms with E-state index >= 15 is 0 Å². The van der Waals surface area contributed by atoms with Crippen molar-refractivity contribution in [2.75, 3.05) is 0 Å². The highest BCUT2D eigenvalue weighted by atomic mass is 35.5. The number of rotatable bonds is 3. The van der Waals surface area contributed by atoms with Gasteiger partial charge < -0.3 is 5.11 Å². The number of carbonyl (C=O) groups excluding carboxylic acids is 1. The molecule has 0 spiro atoms. The van der Waals surface area contributed by atoms with Gasteiger partial charge in [-0.2, -0.15) is 0 Å². The number of hydrogen-bond donors (Lipinski definition) is 1. The van der Waals surface area contributed by atoms with Crippen molar-refractivity contribution in [2.45, 2.75) is 6.92 Å². The van der Waals surface area contributed by atoms with Crippen LogP contribution in [-0.2, 0) is 4.79 Å². The second-order valence-corrected chi connectivity index (χ2v) is 3.87. The van der Waals surface area contributed by atoms with E-state index in [0.29, 0.717) is 5.02 Å². The molecule has 0 bridgehead atoms. The molecule has 3 nitrogen and oxygen atoms in total. The van der Waals surface area contributed by atoms with Gasteiger partial charge >= 0.3 is 5.97 Å². The van der Waals surface area contributed by atoms with E-state index in [9.17, 15) is 9.59 Å². The fourth-order valence-electron chi connectivity index (χ4n) is 1.01. The number of carbonyl (C=O) groups is 2. The molecular weight excluding hydrogens is 239 g/mol. The number of benzene rings is 1. The van der Waals surface area contributed by atoms with Crippen LogP contribution in [0.1, 0.15) is 17.3 Å². The van der Waals surface area contributed by atoms with Crippen molar-refractivity contribution in [1.82, 2.24) is 0 Å². The fraction of sp³-hybridized carbons (Fsp3) is 0.200. The van der Waals surface area contributed by atoms with E-state index in [1.807, 2.05) is 0 Å². The summed E-state index contributed by atoms with van der Waals surface area (Å²) in [6.07, 6.45) is 0. The topological polar surface area (TPSA) is 54.4 Å². The Labute approximate surface area is 96.6 Å². The summed E-state index contributed by atoms with van der Waals surface area (Å²) in [7, 11) is 0. The normalized spacial score (nSPS) is 12.2. The van der Waals surface area contributed by atoms with E-state index in [2.05, 4.69) is 0 Å². The van der Waals surface area contributed by atoms with Crippen molar-refractivity contribution in [3.8, 4) is 0 Å². The van der Waals surface area contributed by atoms with Crippen LogP contribution in [-0.4, -0.2) is 16.9 Å². The van der Waals surface area contributed by atoms with Gasteiger partial charge in [0.05, 0.1) is 10.0 Å². The molecule has 0 aliphatic heterocycles. The molecule has 0 aromatic heterocycles. The summed E-state index contributed by atoms with van der Waals surface area (Å²) in [5, 5.41) is 9.22. The van der Waals surface area contributed by atoms with Gasteiger partial charge in [0, 0.05) is 5.56 Å². The highest BCUT2D eigenvalue weighted by molar-refractivity contribution is 6.42. The Bertz CT molecular complexity index is 415. The van der Waals surface area contributed by atoms with Crippen LogP contribution in [0.15, 0.2) is 18.2 Å². The standard InChI is InChI=1S/C10H8Cl2O3/c1-5(10(14)15)9(13)6-2-3-7(11)8(12)4-6/h2-5H,1H3,(H,14,15). The molecule has 1 aromatic carbocycles. The summed E-state index contributed by atoms with van der Waals surface area (Å²) < 4.78 is 0. The number of aliphatic carboxylic acids is 1. The number of ketones is 1. The Kier molecular flexibility index (Phi) is 3.72. The summed E-state index contributed by atoms with van der Waals surface area (Å²) in [4.78, 5) is 22.2. The molecule has 0 saturated carbocycles. The zero-order valence-corrected chi connectivity index (χ0v) is 9.34. The number of carboxylic acids is 1. The molecule has 5 heteroatoms. The van der Waals surface area contributed by atoms with E-state index in [1.165, 1.54) is 25.1 Å². The summed E-state index contributed by atoms with van der Waals surface area (Å²) in [5.74, 6) is -2.73. The molecular formula is C10H8Cl2O3. The molecule has 1 rings (SSSR count). The van der Waals surface area contributed by atoms with Crippen molar-refractivity contribution in [1.29, 1.82) is 0 Å². The molecule has 0 saturated heterocycles. The first kappa shape index (κ1) is 12.0. The monoisotopic (exact) mass is 246 g/mol. The van der Waals surface area contributed by atoms with Crippen molar-refractivity contribution in [3.63, 3.8) is 0 Å². The van der Waals surface area contributed by atoms with Crippen molar-refractivity contribution in [3.05, 3.63) is 33.8 Å². The third-order valence-electron chi connectivity index (χ3n) is 1.97. The van der Waals surface area contributed by atoms with Crippen molar-refractivity contribution >= 4 is 35.0 Å². The molecule has 0 fully saturated rings. The molecule has 1 atom stereocenters. The predicted octanol–water partition coefficient (Wildman–Crippen LogP) is 2.90. The lowest BCUT2D eigenvalue weighted by Gasteiger charge is -2.05. The molecule has 0 heterocycles. The number of carboxylic acid groups (broad SMARTS) is 1. The van der Waals surface area contributed by atoms with Crippen LogP contribution < -0.4 is 0 Å². The van der Waals surface area contributed by atoms with Crippen LogP contribution in [0.25, 0.3) is 0 Å². The zero-order chi connectivity index (χ0) is 11.6. The molecule has 80 valence electrons. The minimum atomic E-state index is -1.16. The van der Waals surface area contributed by atoms with E-state index in [1.54, 1.807) is 0 Å². The molecule has 1 unspecified atom stereocenters. The van der Waals surface area contributed by atoms with E-state index in [0.717, 1.165) is 0 Å². The molecule has 1 N–H and O–H groups in total. The first-order chi connectivity index (χ1) is 6.93. The van der Waals surface area contributed by atoms with Crippen LogP contribution in [0.5, 0.6) is 0 Å². The Balaban J connectivity index is 3.02. The average Bonchev–Trinajstić information content (AvgIpc) is 2.19. The zero-order valence-electron chi connectivity index (χ0n) is 7.83. The van der Waals surface area contributed by atoms with Gasteiger partial charge in [0.1, 0.15) is 5.92 Å². The third-order valence-corrected chi connectivity index (χ3v) is 2.71. The van der Waals surface area contributed by atoms with Gasteiger partial charge in [-0.15, -0.1) is 0 Å². The largest absolute Gasteiger partial charge is 0.481 e. The average molecular weight is 247 g/mol. The Morgan fingerprint density at radius 2 is 1.87 bits per heavy atom. The first-order valence-electron chi connectivity index (χ1n) is 4.15. The Morgan fingerprint density at radius 3 is 2.33 bits per heavy atom. The Morgan fingerprint density at radius 1 is 1.27 bits per heavy atom. The maximum atomic E-state index is 11.6. The SMILES string of the molecule is CC(C(=O)O)C(=O)c1ccc(Cl)c(Cl)c1. The first-order valence-corrected chi connectivity index (χ1v) is 4.91. The van der Waals surface area contributed by atoms with Gasteiger partial charge in [-0.1, -0.05) is 23.2 Å². The Hall–Kier alpha value is -1.06. The third kappa shape index (κ3) is 2.70. The van der Waals surface area contributed by atoms with Crippen LogP contribution in [0.2, 0.25) is 10.0 Å². The summed E-state index contributed by atoms with van der Waals surface area (Å²) in [5.41, 5.74) is 0.249. The van der Waals surface area contributed by atoms with Crippen molar-refractivity contribution < 1.29 is 14.7 Å². The minimum Gasteiger partial charge on any atom is -0.481 e. The van der Waals surface area contributed by atoms with Crippen LogP contribution in [0.4, 0.5) is 0 Å². The van der Waals surface area contributed by atoms with E-state index in [4.69, 9.17) is 28.3 Å². The van der Waals surface area contributed by atoms with E-state index in [-0.39, 0.29) is 10.6 Å². The quantitative estimate of drug-likeness (QED) is 0.659. The van der Waals surface area contributed by atoms with Crippen LogP contribution in [0, 0.1) is 5.92 Å². The van der Waals surface area contributed by atoms with Crippen LogP contribution in [0.3, 0.4) is 0 Å². The van der Waals surface area contributed by atoms with E-state index < -0.39 is 17.7 Å². The van der Waals surface area contributed by atoms with Crippen molar-refractivity contribution in [2.24, 2.45) is 5.92 Å². The number of Topliss-reactive ketones (excluding diaryl/α,β-unsaturated/α-hetero) is 1. The second-order valence-electron chi connectivity index (χ2n) is 3.05. The van der Waals surface area contributed by atoms with Gasteiger partial charge in [0.25, 0.3) is 0 Å². The lowest BCUT2D eigenvalue weighted by Crippen LogP contribution is -2.20. The van der Waals surface area contributed by atoms with Gasteiger partial charge in [-0.25, -0.2) is 0 Å². The summed E-state index contributed by atoms with van der Waals surface area (Å²) >= 11 is 11.4. The molecule has 0 aliphatic rings. The predicted molar refractivity (Wildman–Crippen MR) is 57.6 cm³/mol. The minimum absolute atomic E-state index is 0.236. The highest BCUT2D eigenvalue weighted by Gasteiger charge is 2.22.